The molecule has 0 fully saturated rings. The third kappa shape index (κ3) is 2.49. The summed E-state index contributed by atoms with van der Waals surface area (Å²) in [6, 6.07) is 4.19. The molecule has 1 N–H and O–H groups in total. The molecule has 0 spiro atoms. The first-order valence-electron chi connectivity index (χ1n) is 5.01. The Bertz CT molecular complexity index is 462. The highest BCUT2D eigenvalue weighted by molar-refractivity contribution is 6.30. The normalized spacial score (nSPS) is 11.5. The first-order valence-corrected chi connectivity index (χ1v) is 5.39. The Morgan fingerprint density at radius 3 is 3.07 bits per heavy atom. The van der Waals surface area contributed by atoms with E-state index in [1.54, 1.807) is 0 Å². The van der Waals surface area contributed by atoms with Crippen LogP contribution in [0.25, 0.3) is 5.65 Å². The zero-order valence-electron chi connectivity index (χ0n) is 8.87. The molecule has 2 heterocycles. The van der Waals surface area contributed by atoms with Crippen LogP contribution in [0, 0.1) is 0 Å². The smallest absolute Gasteiger partial charge is 0.138 e. The molecule has 3 nitrogen and oxygen atoms in total. The summed E-state index contributed by atoms with van der Waals surface area (Å²) < 4.78 is 1.98. The van der Waals surface area contributed by atoms with Gasteiger partial charge in [0.1, 0.15) is 5.65 Å². The first-order chi connectivity index (χ1) is 7.15. The summed E-state index contributed by atoms with van der Waals surface area (Å²) in [7, 11) is 0. The van der Waals surface area contributed by atoms with E-state index in [-0.39, 0.29) is 0 Å². The van der Waals surface area contributed by atoms with E-state index in [0.717, 1.165) is 22.9 Å². The van der Waals surface area contributed by atoms with Crippen molar-refractivity contribution in [2.24, 2.45) is 0 Å². The number of imidazole rings is 1. The summed E-state index contributed by atoms with van der Waals surface area (Å²) in [6.45, 7) is 5.02. The highest BCUT2D eigenvalue weighted by Crippen LogP contribution is 2.12. The van der Waals surface area contributed by atoms with Crippen molar-refractivity contribution in [2.75, 3.05) is 0 Å². The third-order valence-corrected chi connectivity index (χ3v) is 2.40. The molecule has 0 atom stereocenters. The highest BCUT2D eigenvalue weighted by atomic mass is 35.5. The summed E-state index contributed by atoms with van der Waals surface area (Å²) in [6.07, 6.45) is 3.94. The van der Waals surface area contributed by atoms with Crippen molar-refractivity contribution in [1.82, 2.24) is 14.7 Å². The van der Waals surface area contributed by atoms with Gasteiger partial charge in [-0.25, -0.2) is 4.98 Å². The van der Waals surface area contributed by atoms with Gasteiger partial charge in [-0.05, 0) is 12.1 Å². The zero-order chi connectivity index (χ0) is 10.8. The van der Waals surface area contributed by atoms with E-state index in [4.69, 9.17) is 11.6 Å². The van der Waals surface area contributed by atoms with Gasteiger partial charge in [-0.1, -0.05) is 25.4 Å². The second-order valence-electron chi connectivity index (χ2n) is 3.88. The molecule has 0 aliphatic rings. The number of nitrogens with one attached hydrogen (secondary N) is 1. The van der Waals surface area contributed by atoms with Crippen LogP contribution in [0.2, 0.25) is 5.02 Å². The average molecular weight is 224 g/mol. The van der Waals surface area contributed by atoms with Crippen LogP contribution in [0.4, 0.5) is 0 Å². The maximum absolute atomic E-state index is 5.89. The van der Waals surface area contributed by atoms with Gasteiger partial charge >= 0.3 is 0 Å². The quantitative estimate of drug-likeness (QED) is 0.867. The fraction of sp³-hybridized carbons (Fsp3) is 0.364. The van der Waals surface area contributed by atoms with E-state index < -0.39 is 0 Å². The number of hydrogen-bond donors (Lipinski definition) is 1. The van der Waals surface area contributed by atoms with Crippen molar-refractivity contribution in [1.29, 1.82) is 0 Å². The van der Waals surface area contributed by atoms with Crippen molar-refractivity contribution >= 4 is 17.2 Å². The number of rotatable bonds is 3. The van der Waals surface area contributed by atoms with E-state index in [1.807, 2.05) is 28.9 Å². The van der Waals surface area contributed by atoms with E-state index in [1.165, 1.54) is 0 Å². The van der Waals surface area contributed by atoms with Crippen LogP contribution in [0.3, 0.4) is 0 Å². The summed E-state index contributed by atoms with van der Waals surface area (Å²) in [4.78, 5) is 4.46. The summed E-state index contributed by atoms with van der Waals surface area (Å²) in [5.74, 6) is 0. The second kappa shape index (κ2) is 4.21. The Morgan fingerprint density at radius 2 is 2.33 bits per heavy atom. The lowest BCUT2D eigenvalue weighted by molar-refractivity contribution is 0.583. The number of pyridine rings is 1. The van der Waals surface area contributed by atoms with Gasteiger partial charge in [-0.3, -0.25) is 0 Å². The van der Waals surface area contributed by atoms with E-state index in [9.17, 15) is 0 Å². The number of aromatic nitrogens is 2. The number of halogens is 1. The van der Waals surface area contributed by atoms with Crippen LogP contribution in [0.1, 0.15) is 19.5 Å². The molecule has 0 bridgehead atoms. The predicted molar refractivity (Wildman–Crippen MR) is 62.2 cm³/mol. The SMILES string of the molecule is CC(C)NCc1cn2ccc(Cl)cc2n1. The maximum Gasteiger partial charge on any atom is 0.138 e. The van der Waals surface area contributed by atoms with E-state index in [0.29, 0.717) is 6.04 Å². The minimum Gasteiger partial charge on any atom is -0.309 e. The van der Waals surface area contributed by atoms with Gasteiger partial charge in [0, 0.05) is 30.0 Å². The Labute approximate surface area is 94.1 Å². The fourth-order valence-corrected chi connectivity index (χ4v) is 1.56. The molecule has 2 aromatic heterocycles. The van der Waals surface area contributed by atoms with Crippen molar-refractivity contribution in [3.63, 3.8) is 0 Å². The largest absolute Gasteiger partial charge is 0.309 e. The molecule has 0 saturated carbocycles. The maximum atomic E-state index is 5.89. The van der Waals surface area contributed by atoms with Gasteiger partial charge in [-0.2, -0.15) is 0 Å². The second-order valence-corrected chi connectivity index (χ2v) is 4.31. The number of hydrogen-bond acceptors (Lipinski definition) is 2. The summed E-state index contributed by atoms with van der Waals surface area (Å²) in [5, 5.41) is 4.05. The Hall–Kier alpha value is -1.06. The van der Waals surface area contributed by atoms with Crippen LogP contribution < -0.4 is 5.32 Å². The summed E-state index contributed by atoms with van der Waals surface area (Å²) >= 11 is 5.89. The van der Waals surface area contributed by atoms with Gasteiger partial charge in [0.15, 0.2) is 0 Å². The Morgan fingerprint density at radius 1 is 1.53 bits per heavy atom. The lowest BCUT2D eigenvalue weighted by Crippen LogP contribution is -2.21. The van der Waals surface area contributed by atoms with Crippen LogP contribution >= 0.6 is 11.6 Å². The van der Waals surface area contributed by atoms with Gasteiger partial charge < -0.3 is 9.72 Å². The van der Waals surface area contributed by atoms with Gasteiger partial charge in [-0.15, -0.1) is 0 Å². The molecular weight excluding hydrogens is 210 g/mol. The zero-order valence-corrected chi connectivity index (χ0v) is 9.62. The molecule has 0 amide bonds. The molecule has 0 aliphatic carbocycles. The number of fused-ring (bicyclic) bond motifs is 1. The van der Waals surface area contributed by atoms with Gasteiger partial charge in [0.2, 0.25) is 0 Å². The summed E-state index contributed by atoms with van der Waals surface area (Å²) in [5.41, 5.74) is 1.93. The minimum absolute atomic E-state index is 0.471. The number of nitrogens with zero attached hydrogens (tertiary/aromatic N) is 2. The van der Waals surface area contributed by atoms with Crippen LogP contribution in [0.5, 0.6) is 0 Å². The molecule has 0 radical (unpaired) electrons. The molecule has 0 saturated heterocycles. The fourth-order valence-electron chi connectivity index (χ4n) is 1.40. The predicted octanol–water partition coefficient (Wildman–Crippen LogP) is 2.49. The van der Waals surface area contributed by atoms with E-state index >= 15 is 0 Å². The molecule has 0 aromatic carbocycles. The van der Waals surface area contributed by atoms with Crippen molar-refractivity contribution < 1.29 is 0 Å². The van der Waals surface area contributed by atoms with Crippen molar-refractivity contribution in [2.45, 2.75) is 26.4 Å². The highest BCUT2D eigenvalue weighted by Gasteiger charge is 2.02. The molecule has 15 heavy (non-hydrogen) atoms. The van der Waals surface area contributed by atoms with Crippen molar-refractivity contribution in [3.05, 3.63) is 35.2 Å². The monoisotopic (exact) mass is 223 g/mol. The molecular formula is C11H14ClN3. The van der Waals surface area contributed by atoms with Gasteiger partial charge in [0.25, 0.3) is 0 Å². The average Bonchev–Trinajstić information content (AvgIpc) is 2.56. The Balaban J connectivity index is 2.23. The van der Waals surface area contributed by atoms with Crippen LogP contribution in [-0.2, 0) is 6.54 Å². The lowest BCUT2D eigenvalue weighted by atomic mass is 10.3. The molecule has 2 rings (SSSR count). The molecule has 2 aromatic rings. The van der Waals surface area contributed by atoms with Crippen molar-refractivity contribution in [3.8, 4) is 0 Å². The molecule has 80 valence electrons. The van der Waals surface area contributed by atoms with Crippen LogP contribution in [-0.4, -0.2) is 15.4 Å². The first kappa shape index (κ1) is 10.5. The minimum atomic E-state index is 0.471. The van der Waals surface area contributed by atoms with Crippen LogP contribution in [0.15, 0.2) is 24.5 Å². The molecule has 0 unspecified atom stereocenters. The van der Waals surface area contributed by atoms with Gasteiger partial charge in [0.05, 0.1) is 5.69 Å². The third-order valence-electron chi connectivity index (χ3n) is 2.16. The van der Waals surface area contributed by atoms with E-state index in [2.05, 4.69) is 24.1 Å². The lowest BCUT2D eigenvalue weighted by Gasteiger charge is -2.04. The topological polar surface area (TPSA) is 29.3 Å². The Kier molecular flexibility index (Phi) is 2.93. The molecule has 0 aliphatic heterocycles. The standard InChI is InChI=1S/C11H14ClN3/c1-8(2)13-6-10-7-15-4-3-9(12)5-11(15)14-10/h3-5,7-8,13H,6H2,1-2H3. The molecule has 4 heteroatoms.